The van der Waals surface area contributed by atoms with Crippen molar-refractivity contribution in [3.8, 4) is 0 Å². The Morgan fingerprint density at radius 3 is 2.58 bits per heavy atom. The molecule has 3 rings (SSSR count). The van der Waals surface area contributed by atoms with E-state index in [1.54, 1.807) is 0 Å². The van der Waals surface area contributed by atoms with Crippen LogP contribution < -0.4 is 4.90 Å². The number of nitrogens with zero attached hydrogens (tertiary/aromatic N) is 1. The van der Waals surface area contributed by atoms with Gasteiger partial charge in [-0.1, -0.05) is 56.3 Å². The van der Waals surface area contributed by atoms with Crippen LogP contribution in [0.2, 0.25) is 0 Å². The Labute approximate surface area is 159 Å². The molecule has 0 atom stereocenters. The maximum absolute atomic E-state index is 12.7. The van der Waals surface area contributed by atoms with E-state index in [1.807, 2.05) is 35.2 Å². The van der Waals surface area contributed by atoms with Crippen LogP contribution in [-0.4, -0.2) is 29.7 Å². The average molecular weight is 368 g/mol. The fraction of sp³-hybridized carbons (Fsp3) is 0.364. The number of Topliss-reactive ketones (excluding diaryl/α,β-unsaturated/α-hetero) is 1. The minimum Gasteiger partial charge on any atom is -0.311 e. The molecular weight excluding hydrogens is 342 g/mol. The van der Waals surface area contributed by atoms with Crippen LogP contribution in [0.4, 0.5) is 5.69 Å². The van der Waals surface area contributed by atoms with E-state index >= 15 is 0 Å². The molecule has 0 saturated heterocycles. The zero-order valence-electron chi connectivity index (χ0n) is 15.4. The Hall–Kier alpha value is -2.07. The van der Waals surface area contributed by atoms with Crippen molar-refractivity contribution >= 4 is 29.1 Å². The second-order valence-electron chi connectivity index (χ2n) is 6.97. The smallest absolute Gasteiger partial charge is 0.236 e. The number of aryl methyl sites for hydroxylation is 1. The zero-order chi connectivity index (χ0) is 18.5. The van der Waals surface area contributed by atoms with E-state index in [4.69, 9.17) is 0 Å². The number of hydrogen-bond donors (Lipinski definition) is 0. The van der Waals surface area contributed by atoms with Crippen molar-refractivity contribution in [1.29, 1.82) is 0 Å². The van der Waals surface area contributed by atoms with Crippen molar-refractivity contribution in [1.82, 2.24) is 0 Å². The third-order valence-corrected chi connectivity index (χ3v) is 5.66. The van der Waals surface area contributed by atoms with Crippen molar-refractivity contribution < 1.29 is 9.59 Å². The number of carbonyl (C=O) groups is 2. The number of amides is 1. The minimum absolute atomic E-state index is 0.0732. The Bertz CT molecular complexity index is 786. The van der Waals surface area contributed by atoms with Crippen LogP contribution in [0.1, 0.15) is 47.7 Å². The SMILES string of the molecule is CC(C)c1ccc2c(c1)CCCN2C(=O)CSCC(=O)c1ccccc1. The van der Waals surface area contributed by atoms with Crippen LogP contribution in [0.25, 0.3) is 0 Å². The minimum atomic E-state index is 0.0732. The predicted octanol–water partition coefficient (Wildman–Crippen LogP) is 4.71. The molecule has 1 aliphatic rings. The van der Waals surface area contributed by atoms with Gasteiger partial charge in [-0.25, -0.2) is 0 Å². The number of rotatable bonds is 6. The third kappa shape index (κ3) is 4.36. The lowest BCUT2D eigenvalue weighted by Gasteiger charge is -2.30. The molecule has 0 spiro atoms. The quantitative estimate of drug-likeness (QED) is 0.694. The molecule has 0 aliphatic carbocycles. The van der Waals surface area contributed by atoms with Crippen LogP contribution in [0.3, 0.4) is 0 Å². The largest absolute Gasteiger partial charge is 0.311 e. The van der Waals surface area contributed by atoms with Gasteiger partial charge in [0.15, 0.2) is 5.78 Å². The maximum atomic E-state index is 12.7. The highest BCUT2D eigenvalue weighted by atomic mass is 32.2. The molecule has 0 saturated carbocycles. The highest BCUT2D eigenvalue weighted by Crippen LogP contribution is 2.30. The van der Waals surface area contributed by atoms with Crippen molar-refractivity contribution in [2.24, 2.45) is 0 Å². The first kappa shape index (κ1) is 18.7. The summed E-state index contributed by atoms with van der Waals surface area (Å²) in [6.45, 7) is 5.14. The molecule has 1 aliphatic heterocycles. The maximum Gasteiger partial charge on any atom is 0.236 e. The Balaban J connectivity index is 1.60. The Kier molecular flexibility index (Phi) is 6.15. The van der Waals surface area contributed by atoms with Crippen molar-refractivity contribution in [3.05, 3.63) is 65.2 Å². The summed E-state index contributed by atoms with van der Waals surface area (Å²) in [4.78, 5) is 26.7. The topological polar surface area (TPSA) is 37.4 Å². The standard InChI is InChI=1S/C22H25NO2S/c1-16(2)18-10-11-20-19(13-18)9-6-12-23(20)22(25)15-26-14-21(24)17-7-4-3-5-8-17/h3-5,7-8,10-11,13,16H,6,9,12,14-15H2,1-2H3. The van der Waals surface area contributed by atoms with Crippen molar-refractivity contribution in [2.75, 3.05) is 23.0 Å². The molecule has 2 aromatic rings. The molecule has 0 bridgehead atoms. The summed E-state index contributed by atoms with van der Waals surface area (Å²) in [5, 5.41) is 0. The Morgan fingerprint density at radius 2 is 1.85 bits per heavy atom. The molecule has 0 unspecified atom stereocenters. The van der Waals surface area contributed by atoms with Gasteiger partial charge in [0.05, 0.1) is 11.5 Å². The number of thioether (sulfide) groups is 1. The fourth-order valence-electron chi connectivity index (χ4n) is 3.25. The van der Waals surface area contributed by atoms with Crippen molar-refractivity contribution in [3.63, 3.8) is 0 Å². The summed E-state index contributed by atoms with van der Waals surface area (Å²) in [7, 11) is 0. The number of ketones is 1. The van der Waals surface area contributed by atoms with Crippen molar-refractivity contribution in [2.45, 2.75) is 32.6 Å². The molecule has 1 amide bonds. The second-order valence-corrected chi connectivity index (χ2v) is 7.96. The second kappa shape index (κ2) is 8.54. The van der Waals surface area contributed by atoms with E-state index in [9.17, 15) is 9.59 Å². The lowest BCUT2D eigenvalue weighted by Crippen LogP contribution is -2.37. The molecular formula is C22H25NO2S. The first-order valence-corrected chi connectivity index (χ1v) is 10.3. The Morgan fingerprint density at radius 1 is 1.08 bits per heavy atom. The third-order valence-electron chi connectivity index (χ3n) is 4.74. The first-order valence-electron chi connectivity index (χ1n) is 9.15. The molecule has 3 nitrogen and oxygen atoms in total. The molecule has 0 radical (unpaired) electrons. The van der Waals surface area contributed by atoms with E-state index in [2.05, 4.69) is 32.0 Å². The van der Waals surface area contributed by atoms with E-state index in [1.165, 1.54) is 22.9 Å². The van der Waals surface area contributed by atoms with Crippen LogP contribution >= 0.6 is 11.8 Å². The van der Waals surface area contributed by atoms with Gasteiger partial charge >= 0.3 is 0 Å². The van der Waals surface area contributed by atoms with Crippen LogP contribution in [0.15, 0.2) is 48.5 Å². The van der Waals surface area contributed by atoms with Crippen LogP contribution in [0.5, 0.6) is 0 Å². The monoisotopic (exact) mass is 367 g/mol. The molecule has 4 heteroatoms. The lowest BCUT2D eigenvalue weighted by atomic mass is 9.95. The number of carbonyl (C=O) groups excluding carboxylic acids is 2. The summed E-state index contributed by atoms with van der Waals surface area (Å²) in [6.07, 6.45) is 2.02. The molecule has 1 heterocycles. The number of fused-ring (bicyclic) bond motifs is 1. The predicted molar refractivity (Wildman–Crippen MR) is 109 cm³/mol. The van der Waals surface area contributed by atoms with Crippen LogP contribution in [-0.2, 0) is 11.2 Å². The van der Waals surface area contributed by atoms with Gasteiger partial charge in [-0.2, -0.15) is 0 Å². The highest BCUT2D eigenvalue weighted by Gasteiger charge is 2.23. The van der Waals surface area contributed by atoms with E-state index in [0.29, 0.717) is 23.0 Å². The van der Waals surface area contributed by atoms with Gasteiger partial charge in [0, 0.05) is 17.8 Å². The molecule has 2 aromatic carbocycles. The van der Waals surface area contributed by atoms with Crippen LogP contribution in [0, 0.1) is 0 Å². The van der Waals surface area contributed by atoms with Gasteiger partial charge < -0.3 is 4.90 Å². The van der Waals surface area contributed by atoms with Gasteiger partial charge in [-0.3, -0.25) is 9.59 Å². The van der Waals surface area contributed by atoms with E-state index in [-0.39, 0.29) is 11.7 Å². The summed E-state index contributed by atoms with van der Waals surface area (Å²) < 4.78 is 0. The van der Waals surface area contributed by atoms with E-state index < -0.39 is 0 Å². The number of anilines is 1. The van der Waals surface area contributed by atoms with Gasteiger partial charge in [0.2, 0.25) is 5.91 Å². The average Bonchev–Trinajstić information content (AvgIpc) is 2.67. The van der Waals surface area contributed by atoms with Gasteiger partial charge in [-0.15, -0.1) is 11.8 Å². The normalized spacial score (nSPS) is 13.6. The summed E-state index contributed by atoms with van der Waals surface area (Å²) in [5.41, 5.74) is 4.33. The van der Waals surface area contributed by atoms with Gasteiger partial charge in [-0.05, 0) is 36.0 Å². The van der Waals surface area contributed by atoms with E-state index in [0.717, 1.165) is 25.1 Å². The number of hydrogen-bond acceptors (Lipinski definition) is 3. The fourth-order valence-corrected chi connectivity index (χ4v) is 4.04. The summed E-state index contributed by atoms with van der Waals surface area (Å²) >= 11 is 1.40. The van der Waals surface area contributed by atoms with Gasteiger partial charge in [0.25, 0.3) is 0 Å². The molecule has 26 heavy (non-hydrogen) atoms. The number of benzene rings is 2. The summed E-state index contributed by atoms with van der Waals surface area (Å²) in [5.74, 6) is 1.33. The molecule has 0 N–H and O–H groups in total. The molecule has 0 aromatic heterocycles. The molecule has 136 valence electrons. The summed E-state index contributed by atoms with van der Waals surface area (Å²) in [6, 6.07) is 15.7. The first-order chi connectivity index (χ1) is 12.6. The highest BCUT2D eigenvalue weighted by molar-refractivity contribution is 8.00. The molecule has 0 fully saturated rings. The van der Waals surface area contributed by atoms with Gasteiger partial charge in [0.1, 0.15) is 0 Å². The lowest BCUT2D eigenvalue weighted by molar-refractivity contribution is -0.116. The zero-order valence-corrected chi connectivity index (χ0v) is 16.2.